The molecule has 3 heteroatoms. The van der Waals surface area contributed by atoms with Crippen molar-refractivity contribution in [3.05, 3.63) is 0 Å². The average molecular weight is 97.9 g/mol. The van der Waals surface area contributed by atoms with Crippen LogP contribution in [0.25, 0.3) is 0 Å². The Labute approximate surface area is 44.5 Å². The monoisotopic (exact) mass is 98.1 g/mol. The van der Waals surface area contributed by atoms with Crippen LogP contribution in [0.5, 0.6) is 0 Å². The number of hydrogen-bond acceptors (Lipinski definition) is 2. The predicted octanol–water partition coefficient (Wildman–Crippen LogP) is 0.337. The molecular formula is C4H9BNO. The van der Waals surface area contributed by atoms with Gasteiger partial charge < -0.3 is 4.84 Å². The third kappa shape index (κ3) is 0.953. The van der Waals surface area contributed by atoms with Crippen LogP contribution >= 0.6 is 0 Å². The zero-order chi connectivity index (χ0) is 5.28. The number of nitrogens with one attached hydrogen (secondary N) is 1. The summed E-state index contributed by atoms with van der Waals surface area (Å²) in [4.78, 5) is 4.96. The highest BCUT2D eigenvalue weighted by atomic mass is 16.7. The number of rotatable bonds is 0. The Morgan fingerprint density at radius 1 is 1.57 bits per heavy atom. The van der Waals surface area contributed by atoms with E-state index in [1.165, 1.54) is 0 Å². The molecule has 0 saturated carbocycles. The van der Waals surface area contributed by atoms with Gasteiger partial charge in [-0.25, -0.2) is 5.39 Å². The lowest BCUT2D eigenvalue weighted by Gasteiger charge is -2.02. The van der Waals surface area contributed by atoms with Gasteiger partial charge in [-0.15, -0.1) is 0 Å². The van der Waals surface area contributed by atoms with Crippen molar-refractivity contribution in [3.63, 3.8) is 0 Å². The minimum Gasteiger partial charge on any atom is -0.311 e. The highest BCUT2D eigenvalue weighted by Crippen LogP contribution is 2.13. The fourth-order valence-electron chi connectivity index (χ4n) is 0.497. The molecule has 1 N–H and O–H groups in total. The lowest BCUT2D eigenvalue weighted by molar-refractivity contribution is 0.0540. The van der Waals surface area contributed by atoms with Gasteiger partial charge in [-0.1, -0.05) is 6.92 Å². The second kappa shape index (κ2) is 1.84. The Bertz CT molecular complexity index is 60.7. The van der Waals surface area contributed by atoms with Gasteiger partial charge in [-0.3, -0.25) is 0 Å². The minimum atomic E-state index is 0.347. The van der Waals surface area contributed by atoms with Crippen LogP contribution in [0.4, 0.5) is 0 Å². The van der Waals surface area contributed by atoms with Crippen LogP contribution in [0.1, 0.15) is 13.8 Å². The molecule has 0 aromatic rings. The molecule has 1 radical (unpaired) electrons. The van der Waals surface area contributed by atoms with Gasteiger partial charge in [0.25, 0.3) is 0 Å². The molecule has 1 saturated heterocycles. The van der Waals surface area contributed by atoms with Crippen molar-refractivity contribution in [2.75, 3.05) is 0 Å². The minimum absolute atomic E-state index is 0.347. The van der Waals surface area contributed by atoms with E-state index >= 15 is 0 Å². The summed E-state index contributed by atoms with van der Waals surface area (Å²) < 4.78 is 0. The van der Waals surface area contributed by atoms with Crippen LogP contribution in [0.2, 0.25) is 5.82 Å². The lowest BCUT2D eigenvalue weighted by Crippen LogP contribution is -2.08. The van der Waals surface area contributed by atoms with Crippen molar-refractivity contribution in [2.24, 2.45) is 0 Å². The molecule has 7 heavy (non-hydrogen) atoms. The quantitative estimate of drug-likeness (QED) is 0.441. The molecule has 1 heterocycles. The number of hydrogen-bond donors (Lipinski definition) is 1. The Kier molecular flexibility index (Phi) is 1.35. The van der Waals surface area contributed by atoms with Crippen LogP contribution in [-0.4, -0.2) is 13.5 Å². The first-order valence-electron chi connectivity index (χ1n) is 2.55. The Balaban J connectivity index is 2.33. The second-order valence-electron chi connectivity index (χ2n) is 1.97. The summed E-state index contributed by atoms with van der Waals surface area (Å²) in [5, 5.41) is 2.70. The summed E-state index contributed by atoms with van der Waals surface area (Å²) in [6, 6.07) is 0. The van der Waals surface area contributed by atoms with E-state index in [0.29, 0.717) is 11.9 Å². The molecule has 1 aliphatic heterocycles. The van der Waals surface area contributed by atoms with Crippen LogP contribution in [0.15, 0.2) is 0 Å². The van der Waals surface area contributed by atoms with E-state index in [-0.39, 0.29) is 0 Å². The van der Waals surface area contributed by atoms with Crippen LogP contribution in [-0.2, 0) is 4.84 Å². The third-order valence-electron chi connectivity index (χ3n) is 1.33. The summed E-state index contributed by atoms with van der Waals surface area (Å²) in [6.45, 7) is 4.16. The molecule has 0 aromatic heterocycles. The molecule has 0 amide bonds. The summed E-state index contributed by atoms with van der Waals surface area (Å²) in [6.07, 6.45) is 0.347. The highest BCUT2D eigenvalue weighted by Gasteiger charge is 2.20. The molecule has 1 aliphatic rings. The zero-order valence-corrected chi connectivity index (χ0v) is 4.64. The first-order chi connectivity index (χ1) is 3.30. The van der Waals surface area contributed by atoms with Gasteiger partial charge in [0, 0.05) is 0 Å². The van der Waals surface area contributed by atoms with E-state index in [0.717, 1.165) is 0 Å². The van der Waals surface area contributed by atoms with Crippen molar-refractivity contribution >= 4 is 7.41 Å². The molecule has 39 valence electrons. The van der Waals surface area contributed by atoms with Gasteiger partial charge >= 0.3 is 0 Å². The molecule has 0 bridgehead atoms. The molecule has 0 spiro atoms. The van der Waals surface area contributed by atoms with E-state index in [2.05, 4.69) is 12.3 Å². The molecule has 0 aromatic carbocycles. The molecule has 2 unspecified atom stereocenters. The largest absolute Gasteiger partial charge is 0.311 e. The molecule has 1 fully saturated rings. The zero-order valence-electron chi connectivity index (χ0n) is 4.64. The summed E-state index contributed by atoms with van der Waals surface area (Å²) >= 11 is 0. The van der Waals surface area contributed by atoms with Gasteiger partial charge in [0.05, 0.1) is 6.10 Å². The summed E-state index contributed by atoms with van der Waals surface area (Å²) in [7, 11) is 1.95. The summed E-state index contributed by atoms with van der Waals surface area (Å²) in [5.41, 5.74) is 0. The van der Waals surface area contributed by atoms with Gasteiger partial charge in [0.1, 0.15) is 0 Å². The topological polar surface area (TPSA) is 21.3 Å². The fraction of sp³-hybridized carbons (Fsp3) is 1.00. The van der Waals surface area contributed by atoms with E-state index in [1.54, 1.807) is 0 Å². The average Bonchev–Trinajstić information content (AvgIpc) is 1.91. The van der Waals surface area contributed by atoms with Crippen molar-refractivity contribution < 1.29 is 4.84 Å². The van der Waals surface area contributed by atoms with Crippen LogP contribution < -0.4 is 5.39 Å². The Morgan fingerprint density at radius 3 is 2.43 bits per heavy atom. The first-order valence-corrected chi connectivity index (χ1v) is 2.55. The maximum absolute atomic E-state index is 4.96. The second-order valence-corrected chi connectivity index (χ2v) is 1.97. The lowest BCUT2D eigenvalue weighted by atomic mass is 9.77. The van der Waals surface area contributed by atoms with Gasteiger partial charge in [-0.05, 0) is 12.7 Å². The van der Waals surface area contributed by atoms with Crippen molar-refractivity contribution in [1.29, 1.82) is 0 Å². The van der Waals surface area contributed by atoms with Crippen molar-refractivity contribution in [1.82, 2.24) is 5.39 Å². The van der Waals surface area contributed by atoms with Crippen LogP contribution in [0.3, 0.4) is 0 Å². The molecular weight excluding hydrogens is 88.9 g/mol. The van der Waals surface area contributed by atoms with Gasteiger partial charge in [0.15, 0.2) is 0 Å². The third-order valence-corrected chi connectivity index (χ3v) is 1.33. The van der Waals surface area contributed by atoms with E-state index < -0.39 is 0 Å². The highest BCUT2D eigenvalue weighted by molar-refractivity contribution is 6.34. The molecule has 2 nitrogen and oxygen atoms in total. The van der Waals surface area contributed by atoms with E-state index in [4.69, 9.17) is 4.84 Å². The Morgan fingerprint density at radius 2 is 2.29 bits per heavy atom. The summed E-state index contributed by atoms with van der Waals surface area (Å²) in [5.74, 6) is 0.556. The molecule has 2 atom stereocenters. The Hall–Kier alpha value is -0.0151. The maximum Gasteiger partial charge on any atom is 0.247 e. The van der Waals surface area contributed by atoms with E-state index in [9.17, 15) is 0 Å². The van der Waals surface area contributed by atoms with Crippen molar-refractivity contribution in [2.45, 2.75) is 25.8 Å². The first kappa shape index (κ1) is 5.13. The van der Waals surface area contributed by atoms with Gasteiger partial charge in [-0.2, -0.15) is 0 Å². The SMILES string of the molecule is CC1[B]NOC1C. The molecule has 0 aliphatic carbocycles. The normalized spacial score (nSPS) is 40.9. The standard InChI is InChI=1S/C4H9BNO/c1-3-4(2)7-6-5-3/h3-4,6H,1-2H3. The molecule has 1 rings (SSSR count). The maximum atomic E-state index is 4.96. The van der Waals surface area contributed by atoms with Gasteiger partial charge in [0.2, 0.25) is 7.41 Å². The predicted molar refractivity (Wildman–Crippen MR) is 28.9 cm³/mol. The fourth-order valence-corrected chi connectivity index (χ4v) is 0.497. The van der Waals surface area contributed by atoms with Crippen molar-refractivity contribution in [3.8, 4) is 0 Å². The van der Waals surface area contributed by atoms with E-state index in [1.807, 2.05) is 14.3 Å². The van der Waals surface area contributed by atoms with Crippen LogP contribution in [0, 0.1) is 0 Å². The smallest absolute Gasteiger partial charge is 0.247 e.